The smallest absolute Gasteiger partial charge is 0.296 e. The Morgan fingerprint density at radius 3 is 1.80 bits per heavy atom. The van der Waals surface area contributed by atoms with Crippen molar-refractivity contribution in [2.24, 2.45) is 5.73 Å². The van der Waals surface area contributed by atoms with E-state index in [0.29, 0.717) is 0 Å². The fourth-order valence-corrected chi connectivity index (χ4v) is 6.98. The third-order valence-corrected chi connectivity index (χ3v) is 10.7. The van der Waals surface area contributed by atoms with E-state index < -0.39 is 110 Å². The molecular weight excluding hydrogens is 941 g/mol. The van der Waals surface area contributed by atoms with E-state index in [0.717, 1.165) is 42.5 Å². The Bertz CT molecular complexity index is 2890. The van der Waals surface area contributed by atoms with E-state index in [1.807, 2.05) is 0 Å². The lowest BCUT2D eigenvalue weighted by Gasteiger charge is -2.27. The zero-order valence-corrected chi connectivity index (χ0v) is 37.8. The minimum absolute atomic E-state index is 0.00441. The summed E-state index contributed by atoms with van der Waals surface area (Å²) in [5.41, 5.74) is -3.23. The summed E-state index contributed by atoms with van der Waals surface area (Å²) in [4.78, 5) is 147. The summed E-state index contributed by atoms with van der Waals surface area (Å²) >= 11 is 0. The fraction of sp³-hybridized carbons (Fsp3) is 0.372. The number of carbonyl (C=O) groups is 7. The molecule has 7 rings (SSSR count). The molecule has 4 bridgehead atoms. The molecule has 1 unspecified atom stereocenters. The lowest BCUT2D eigenvalue weighted by Crippen LogP contribution is -2.54. The molecule has 7 heterocycles. The number of rotatable bonds is 8. The van der Waals surface area contributed by atoms with Gasteiger partial charge in [-0.2, -0.15) is 0 Å². The standard InChI is InChI=1S/C43H50N12O16/c44-15-23-71-24-18-47-37(60)28-25-48-35(58)26-11-13-29(54(69)40(26)63)38(61)45-16-5-21-50(42(65)31-7-3-9-33(56)52(31)67)19-1-2-20-51(43(66)32-8-4-10-34(57)53(32)68)22-6-17-46-39(62)30-14-12-27(36(59)49-28)41(64)55(30)70/h3-4,7-14,28,68-69H,1-2,5-6,15-25,44H2,(H,45,61)(H,46,62)(H,47,60)(H,48,58)(H,49,59)/q-2. The van der Waals surface area contributed by atoms with Crippen LogP contribution in [0.3, 0.4) is 0 Å². The van der Waals surface area contributed by atoms with Crippen molar-refractivity contribution < 1.29 is 48.7 Å². The van der Waals surface area contributed by atoms with Crippen LogP contribution in [0.15, 0.2) is 79.8 Å². The van der Waals surface area contributed by atoms with Crippen LogP contribution >= 0.6 is 0 Å². The third kappa shape index (κ3) is 13.5. The number of nitrogens with zero attached hydrogens (tertiary/aromatic N) is 6. The van der Waals surface area contributed by atoms with E-state index in [-0.39, 0.29) is 110 Å². The highest BCUT2D eigenvalue weighted by Gasteiger charge is 2.27. The molecule has 28 nitrogen and oxygen atoms in total. The number of hydrogen-bond donors (Lipinski definition) is 8. The molecule has 1 atom stereocenters. The molecule has 0 radical (unpaired) electrons. The van der Waals surface area contributed by atoms with E-state index in [4.69, 9.17) is 10.5 Å². The van der Waals surface area contributed by atoms with Crippen molar-refractivity contribution in [3.63, 3.8) is 0 Å². The Balaban J connectivity index is 1.44. The first kappa shape index (κ1) is 53.2. The number of pyridine rings is 4. The van der Waals surface area contributed by atoms with Crippen LogP contribution in [-0.2, 0) is 9.53 Å². The van der Waals surface area contributed by atoms with Crippen LogP contribution < -0.4 is 54.6 Å². The van der Waals surface area contributed by atoms with Gasteiger partial charge in [-0.1, -0.05) is 12.1 Å². The lowest BCUT2D eigenvalue weighted by molar-refractivity contribution is -0.123. The van der Waals surface area contributed by atoms with Crippen molar-refractivity contribution in [1.82, 2.24) is 55.3 Å². The van der Waals surface area contributed by atoms with Crippen LogP contribution in [0.4, 0.5) is 0 Å². The fourth-order valence-electron chi connectivity index (χ4n) is 6.98. The quantitative estimate of drug-likeness (QED) is 0.0625. The summed E-state index contributed by atoms with van der Waals surface area (Å²) in [6.07, 6.45) is 0.324. The molecular formula is C43H50N12O16-2. The molecule has 0 aromatic carbocycles. The zero-order chi connectivity index (χ0) is 51.8. The van der Waals surface area contributed by atoms with Crippen molar-refractivity contribution in [2.45, 2.75) is 31.7 Å². The summed E-state index contributed by atoms with van der Waals surface area (Å²) in [6, 6.07) is 8.61. The molecule has 3 aliphatic heterocycles. The van der Waals surface area contributed by atoms with Crippen molar-refractivity contribution in [2.75, 3.05) is 72.1 Å². The summed E-state index contributed by atoms with van der Waals surface area (Å²) < 4.78 is 4.79. The van der Waals surface area contributed by atoms with E-state index in [2.05, 4.69) is 26.6 Å². The number of nitrogens with one attached hydrogen (secondary N) is 5. The van der Waals surface area contributed by atoms with Gasteiger partial charge in [0.25, 0.3) is 52.1 Å². The molecule has 0 spiro atoms. The van der Waals surface area contributed by atoms with Crippen LogP contribution in [0.5, 0.6) is 0 Å². The van der Waals surface area contributed by atoms with Gasteiger partial charge in [-0.15, -0.1) is 9.46 Å². The predicted octanol–water partition coefficient (Wildman–Crippen LogP) is -3.56. The number of fused-ring (bicyclic) bond motifs is 2. The first-order chi connectivity index (χ1) is 34.0. The molecule has 4 aromatic heterocycles. The van der Waals surface area contributed by atoms with Crippen LogP contribution in [-0.4, -0.2) is 159 Å². The monoisotopic (exact) mass is 990 g/mol. The maximum Gasteiger partial charge on any atom is 0.296 e. The molecule has 4 aromatic rings. The van der Waals surface area contributed by atoms with Crippen LogP contribution in [0.1, 0.15) is 88.4 Å². The Labute approximate surface area is 400 Å². The first-order valence-electron chi connectivity index (χ1n) is 22.0. The molecule has 0 fully saturated rings. The van der Waals surface area contributed by atoms with E-state index in [9.17, 15) is 73.6 Å². The average Bonchev–Trinajstić information content (AvgIpc) is 3.34. The minimum atomic E-state index is -1.69. The Hall–Kier alpha value is -8.79. The SMILES string of the molecule is NCCOCCNC(=O)C1CNC(=O)c2ccc(n(O)c2=O)C(=O)NCCCN(C(=O)c2cccc(=O)n2[O-])CCCCN(C(=O)c2cccc(=O)n2O)CCCNC(=O)c2ccc(c(=O)n2[O-])C(=O)N1. The number of ether oxygens (including phenoxy) is 1. The van der Waals surface area contributed by atoms with Crippen LogP contribution in [0.25, 0.3) is 0 Å². The third-order valence-electron chi connectivity index (χ3n) is 10.7. The van der Waals surface area contributed by atoms with Gasteiger partial charge >= 0.3 is 0 Å². The molecule has 9 N–H and O–H groups in total. The van der Waals surface area contributed by atoms with Gasteiger partial charge in [0.15, 0.2) is 0 Å². The summed E-state index contributed by atoms with van der Waals surface area (Å²) in [5, 5.41) is 58.5. The minimum Gasteiger partial charge on any atom is -0.803 e. The molecule has 0 saturated carbocycles. The number of nitrogens with two attached hydrogens (primary N) is 1. The zero-order valence-electron chi connectivity index (χ0n) is 37.8. The molecule has 3 aliphatic rings. The largest absolute Gasteiger partial charge is 0.803 e. The molecule has 0 saturated heterocycles. The van der Waals surface area contributed by atoms with Gasteiger partial charge in [0.1, 0.15) is 39.9 Å². The summed E-state index contributed by atoms with van der Waals surface area (Å²) in [5.74, 6) is -7.13. The summed E-state index contributed by atoms with van der Waals surface area (Å²) in [6.45, 7) is -1.33. The second-order valence-electron chi connectivity index (χ2n) is 15.5. The van der Waals surface area contributed by atoms with Gasteiger partial charge in [0.2, 0.25) is 11.5 Å². The highest BCUT2D eigenvalue weighted by Crippen LogP contribution is 2.10. The van der Waals surface area contributed by atoms with Crippen LogP contribution in [0, 0.1) is 10.4 Å². The Morgan fingerprint density at radius 2 is 1.17 bits per heavy atom. The number of hydrogen-bond acceptors (Lipinski definition) is 17. The van der Waals surface area contributed by atoms with Crippen molar-refractivity contribution >= 4 is 41.4 Å². The molecule has 380 valence electrons. The highest BCUT2D eigenvalue weighted by atomic mass is 16.5. The van der Waals surface area contributed by atoms with Crippen molar-refractivity contribution in [3.8, 4) is 0 Å². The number of aromatic nitrogens is 4. The molecule has 0 aliphatic carbocycles. The lowest BCUT2D eigenvalue weighted by atomic mass is 10.1. The van der Waals surface area contributed by atoms with Gasteiger partial charge in [0.05, 0.1) is 13.2 Å². The summed E-state index contributed by atoms with van der Waals surface area (Å²) in [7, 11) is 0. The van der Waals surface area contributed by atoms with E-state index in [1.165, 1.54) is 28.0 Å². The van der Waals surface area contributed by atoms with E-state index >= 15 is 0 Å². The second-order valence-corrected chi connectivity index (χ2v) is 15.5. The van der Waals surface area contributed by atoms with Crippen molar-refractivity contribution in [1.29, 1.82) is 0 Å². The highest BCUT2D eigenvalue weighted by molar-refractivity contribution is 6.00. The van der Waals surface area contributed by atoms with Crippen LogP contribution in [0.2, 0.25) is 0 Å². The topological polar surface area (TPSA) is 396 Å². The Kier molecular flexibility index (Phi) is 18.7. The second kappa shape index (κ2) is 25.0. The maximum absolute atomic E-state index is 13.7. The number of carbonyl (C=O) groups excluding carboxylic acids is 7. The van der Waals surface area contributed by atoms with Gasteiger partial charge < -0.3 is 77.1 Å². The maximum atomic E-state index is 13.7. The van der Waals surface area contributed by atoms with E-state index in [1.54, 1.807) is 0 Å². The first-order valence-corrected chi connectivity index (χ1v) is 22.0. The normalized spacial score (nSPS) is 16.0. The van der Waals surface area contributed by atoms with Gasteiger partial charge in [0, 0.05) is 71.0 Å². The van der Waals surface area contributed by atoms with Crippen molar-refractivity contribution in [3.05, 3.63) is 146 Å². The molecule has 71 heavy (non-hydrogen) atoms. The molecule has 28 heteroatoms. The van der Waals surface area contributed by atoms with Gasteiger partial charge in [-0.05, 0) is 62.1 Å². The van der Waals surface area contributed by atoms with Gasteiger partial charge in [-0.25, -0.2) is 0 Å². The predicted molar refractivity (Wildman–Crippen MR) is 246 cm³/mol. The van der Waals surface area contributed by atoms with Gasteiger partial charge in [-0.3, -0.25) is 52.7 Å². The molecule has 7 amide bonds. The average molecular weight is 991 g/mol. The Morgan fingerprint density at radius 1 is 0.620 bits per heavy atom. The number of amides is 7.